The van der Waals surface area contributed by atoms with Gasteiger partial charge in [-0.05, 0) is 25.2 Å². The lowest BCUT2D eigenvalue weighted by atomic mass is 9.68. The highest BCUT2D eigenvalue weighted by Gasteiger charge is 2.46. The van der Waals surface area contributed by atoms with Gasteiger partial charge in [0.25, 0.3) is 0 Å². The van der Waals surface area contributed by atoms with E-state index in [-0.39, 0.29) is 0 Å². The first kappa shape index (κ1) is 12.7. The van der Waals surface area contributed by atoms with Crippen LogP contribution in [0.2, 0.25) is 0 Å². The van der Waals surface area contributed by atoms with Crippen LogP contribution in [0.25, 0.3) is 0 Å². The molecule has 0 aromatic carbocycles. The van der Waals surface area contributed by atoms with Crippen LogP contribution in [0, 0.1) is 5.92 Å². The van der Waals surface area contributed by atoms with Crippen molar-refractivity contribution < 1.29 is 0 Å². The van der Waals surface area contributed by atoms with Gasteiger partial charge in [-0.1, -0.05) is 20.8 Å². The zero-order valence-corrected chi connectivity index (χ0v) is 11.8. The number of thioether (sulfide) groups is 1. The van der Waals surface area contributed by atoms with Gasteiger partial charge >= 0.3 is 0 Å². The third kappa shape index (κ3) is 2.41. The monoisotopic (exact) mass is 242 g/mol. The van der Waals surface area contributed by atoms with Crippen molar-refractivity contribution in [1.29, 1.82) is 0 Å². The average Bonchev–Trinajstić information content (AvgIpc) is 2.34. The Morgan fingerprint density at radius 3 is 2.56 bits per heavy atom. The van der Waals surface area contributed by atoms with Gasteiger partial charge in [-0.15, -0.1) is 0 Å². The van der Waals surface area contributed by atoms with E-state index in [0.29, 0.717) is 10.3 Å². The van der Waals surface area contributed by atoms with Crippen LogP contribution in [0.5, 0.6) is 0 Å². The molecule has 0 aromatic rings. The molecule has 1 heterocycles. The van der Waals surface area contributed by atoms with Gasteiger partial charge < -0.3 is 5.73 Å². The molecule has 2 aliphatic rings. The van der Waals surface area contributed by atoms with E-state index in [0.717, 1.165) is 12.5 Å². The second-order valence-corrected chi connectivity index (χ2v) is 8.09. The molecule has 0 spiro atoms. The maximum absolute atomic E-state index is 6.03. The molecule has 0 bridgehead atoms. The van der Waals surface area contributed by atoms with E-state index in [9.17, 15) is 0 Å². The summed E-state index contributed by atoms with van der Waals surface area (Å²) in [6.45, 7) is 10.4. The molecule has 16 heavy (non-hydrogen) atoms. The molecule has 2 nitrogen and oxygen atoms in total. The third-order valence-corrected chi connectivity index (χ3v) is 5.72. The van der Waals surface area contributed by atoms with Gasteiger partial charge in [-0.25, -0.2) is 0 Å². The van der Waals surface area contributed by atoms with E-state index in [2.05, 4.69) is 37.4 Å². The van der Waals surface area contributed by atoms with Gasteiger partial charge in [0, 0.05) is 35.7 Å². The van der Waals surface area contributed by atoms with Gasteiger partial charge in [0.1, 0.15) is 0 Å². The summed E-state index contributed by atoms with van der Waals surface area (Å²) < 4.78 is 0.458. The zero-order valence-electron chi connectivity index (χ0n) is 11.0. The Morgan fingerprint density at radius 1 is 1.31 bits per heavy atom. The van der Waals surface area contributed by atoms with E-state index < -0.39 is 0 Å². The van der Waals surface area contributed by atoms with Crippen LogP contribution < -0.4 is 5.73 Å². The molecule has 0 atom stereocenters. The predicted octanol–water partition coefficient (Wildman–Crippen LogP) is 2.33. The molecule has 1 saturated carbocycles. The Bertz CT molecular complexity index is 246. The van der Waals surface area contributed by atoms with Crippen molar-refractivity contribution in [2.24, 2.45) is 11.7 Å². The quantitative estimate of drug-likeness (QED) is 0.806. The highest BCUT2D eigenvalue weighted by molar-refractivity contribution is 8.00. The maximum Gasteiger partial charge on any atom is 0.0337 e. The highest BCUT2D eigenvalue weighted by Crippen LogP contribution is 2.43. The minimum Gasteiger partial charge on any atom is -0.329 e. The lowest BCUT2D eigenvalue weighted by Crippen LogP contribution is -2.61. The van der Waals surface area contributed by atoms with E-state index >= 15 is 0 Å². The molecule has 0 radical (unpaired) electrons. The first-order chi connectivity index (χ1) is 7.47. The fraction of sp³-hybridized carbons (Fsp3) is 1.00. The van der Waals surface area contributed by atoms with Crippen LogP contribution in [0.1, 0.15) is 40.0 Å². The van der Waals surface area contributed by atoms with E-state index in [1.165, 1.54) is 38.1 Å². The topological polar surface area (TPSA) is 29.3 Å². The lowest BCUT2D eigenvalue weighted by molar-refractivity contribution is -0.00900. The number of rotatable bonds is 2. The molecule has 94 valence electrons. The summed E-state index contributed by atoms with van der Waals surface area (Å²) >= 11 is 2.12. The summed E-state index contributed by atoms with van der Waals surface area (Å²) in [6, 6.07) is 0. The summed E-state index contributed by atoms with van der Waals surface area (Å²) in [5.41, 5.74) is 6.39. The summed E-state index contributed by atoms with van der Waals surface area (Å²) in [5, 5.41) is 0. The Morgan fingerprint density at radius 2 is 2.00 bits per heavy atom. The molecule has 0 unspecified atom stereocenters. The van der Waals surface area contributed by atoms with Crippen molar-refractivity contribution in [3.05, 3.63) is 0 Å². The number of nitrogens with two attached hydrogens (primary N) is 1. The van der Waals surface area contributed by atoms with Crippen LogP contribution in [0.15, 0.2) is 0 Å². The van der Waals surface area contributed by atoms with Crippen LogP contribution >= 0.6 is 11.8 Å². The molecule has 1 aliphatic heterocycles. The Hall–Kier alpha value is 0.270. The summed E-state index contributed by atoms with van der Waals surface area (Å²) in [4.78, 5) is 2.69. The van der Waals surface area contributed by atoms with Crippen molar-refractivity contribution in [2.45, 2.75) is 50.3 Å². The maximum atomic E-state index is 6.03. The average molecular weight is 242 g/mol. The second kappa shape index (κ2) is 4.51. The van der Waals surface area contributed by atoms with Gasteiger partial charge in [0.15, 0.2) is 0 Å². The molecular formula is C13H26N2S. The van der Waals surface area contributed by atoms with Crippen molar-refractivity contribution in [3.63, 3.8) is 0 Å². The minimum absolute atomic E-state index is 0.362. The smallest absolute Gasteiger partial charge is 0.0337 e. The highest BCUT2D eigenvalue weighted by atomic mass is 32.2. The molecule has 2 rings (SSSR count). The van der Waals surface area contributed by atoms with Gasteiger partial charge in [-0.2, -0.15) is 11.8 Å². The van der Waals surface area contributed by atoms with Crippen LogP contribution in [0.3, 0.4) is 0 Å². The molecule has 0 amide bonds. The third-order valence-electron chi connectivity index (χ3n) is 4.35. The number of hydrogen-bond donors (Lipinski definition) is 1. The fourth-order valence-corrected chi connectivity index (χ4v) is 4.39. The van der Waals surface area contributed by atoms with Gasteiger partial charge in [0.2, 0.25) is 0 Å². The second-order valence-electron chi connectivity index (χ2n) is 6.29. The molecule has 1 saturated heterocycles. The van der Waals surface area contributed by atoms with Crippen molar-refractivity contribution in [3.8, 4) is 0 Å². The fourth-order valence-electron chi connectivity index (χ4n) is 3.29. The Kier molecular flexibility index (Phi) is 3.58. The standard InChI is InChI=1S/C13H26N2S/c1-11-8-13(9-11,10-14)15-5-4-12(2,3)16-7-6-15/h11H,4-10,14H2,1-3H3. The minimum atomic E-state index is 0.362. The van der Waals surface area contributed by atoms with E-state index in [4.69, 9.17) is 5.73 Å². The van der Waals surface area contributed by atoms with Crippen LogP contribution in [-0.2, 0) is 0 Å². The molecular weight excluding hydrogens is 216 g/mol. The van der Waals surface area contributed by atoms with Crippen molar-refractivity contribution in [1.82, 2.24) is 4.90 Å². The van der Waals surface area contributed by atoms with Crippen molar-refractivity contribution in [2.75, 3.05) is 25.4 Å². The van der Waals surface area contributed by atoms with Crippen LogP contribution in [-0.4, -0.2) is 40.6 Å². The first-order valence-corrected chi connectivity index (χ1v) is 7.55. The van der Waals surface area contributed by atoms with E-state index in [1.54, 1.807) is 0 Å². The normalized spacial score (nSPS) is 40.1. The molecule has 2 fully saturated rings. The van der Waals surface area contributed by atoms with Crippen LogP contribution in [0.4, 0.5) is 0 Å². The van der Waals surface area contributed by atoms with Gasteiger partial charge in [0.05, 0.1) is 0 Å². The zero-order chi connectivity index (χ0) is 11.8. The molecule has 1 aliphatic carbocycles. The Labute approximate surface area is 104 Å². The largest absolute Gasteiger partial charge is 0.329 e. The lowest BCUT2D eigenvalue weighted by Gasteiger charge is -2.53. The van der Waals surface area contributed by atoms with Crippen molar-refractivity contribution >= 4 is 11.8 Å². The summed E-state index contributed by atoms with van der Waals surface area (Å²) in [5.74, 6) is 2.15. The number of nitrogens with zero attached hydrogens (tertiary/aromatic N) is 1. The molecule has 3 heteroatoms. The molecule has 2 N–H and O–H groups in total. The Balaban J connectivity index is 1.99. The number of hydrogen-bond acceptors (Lipinski definition) is 3. The molecule has 0 aromatic heterocycles. The first-order valence-electron chi connectivity index (χ1n) is 6.57. The van der Waals surface area contributed by atoms with Gasteiger partial charge in [-0.3, -0.25) is 4.90 Å². The van der Waals surface area contributed by atoms with E-state index in [1.807, 2.05) is 0 Å². The summed E-state index contributed by atoms with van der Waals surface area (Å²) in [7, 11) is 0. The summed E-state index contributed by atoms with van der Waals surface area (Å²) in [6.07, 6.45) is 3.93. The predicted molar refractivity (Wildman–Crippen MR) is 72.9 cm³/mol. The SMILES string of the molecule is CC1CC(CN)(N2CCSC(C)(C)CC2)C1.